The number of benzene rings is 6. The lowest BCUT2D eigenvalue weighted by molar-refractivity contribution is -0.438. The van der Waals surface area contributed by atoms with Crippen molar-refractivity contribution in [1.29, 1.82) is 0 Å². The first-order valence-corrected chi connectivity index (χ1v) is 40.1. The predicted molar refractivity (Wildman–Crippen MR) is 386 cm³/mol. The van der Waals surface area contributed by atoms with Gasteiger partial charge in [0.05, 0.1) is 53.5 Å². The molecule has 21 nitrogen and oxygen atoms in total. The van der Waals surface area contributed by atoms with E-state index in [4.69, 9.17) is 14.6 Å². The zero-order chi connectivity index (χ0) is 74.7. The molecular weight excluding hydrogens is 1410 g/mol. The lowest BCUT2D eigenvalue weighted by Crippen LogP contribution is -2.30. The largest absolute Gasteiger partial charge is 0.481 e. The van der Waals surface area contributed by atoms with Gasteiger partial charge >= 0.3 is 5.97 Å². The number of hydrogen-bond donors (Lipinski definition) is 6. The molecule has 103 heavy (non-hydrogen) atoms. The van der Waals surface area contributed by atoms with Crippen molar-refractivity contribution in [3.8, 4) is 5.75 Å². The minimum Gasteiger partial charge on any atom is -0.481 e. The monoisotopic (exact) mass is 1500 g/mol. The SMILES string of the molecule is CC1(C)C(=CC=C2CCCC(C=CC3=[N+](CCCCS(=O)(=O)O)c4ccccc4C3(C)C)=C2Oc2ccc(C[C@H](CC(=O)CCOCCNC(=O)CCS(=O)(=O)c3c(F)c(F)c(S(N)(=O)=O)c(F)c3NC(c3ccccc3)c3ccccc3)C(=O)O)cc2)N(CCCCS(=O)(=O)O)c2ccccc21. The first-order chi connectivity index (χ1) is 48.7. The Labute approximate surface area is 599 Å². The zero-order valence-electron chi connectivity index (χ0n) is 57.5. The van der Waals surface area contributed by atoms with E-state index < -0.39 is 126 Å². The minimum atomic E-state index is -5.32. The van der Waals surface area contributed by atoms with Crippen LogP contribution in [-0.2, 0) is 76.5 Å². The second-order valence-corrected chi connectivity index (χ2v) is 33.4. The van der Waals surface area contributed by atoms with Gasteiger partial charge in [-0.05, 0) is 123 Å². The Kier molecular flexibility index (Phi) is 25.5. The fourth-order valence-corrected chi connectivity index (χ4v) is 16.7. The number of para-hydroxylation sites is 2. The van der Waals surface area contributed by atoms with Crippen LogP contribution in [0, 0.1) is 23.4 Å². The average molecular weight is 1500 g/mol. The lowest BCUT2D eigenvalue weighted by atomic mass is 9.81. The van der Waals surface area contributed by atoms with Gasteiger partial charge in [-0.25, -0.2) is 35.1 Å². The summed E-state index contributed by atoms with van der Waals surface area (Å²) in [6.07, 6.45) is 10.4. The van der Waals surface area contributed by atoms with Gasteiger partial charge in [-0.2, -0.15) is 21.4 Å². The van der Waals surface area contributed by atoms with Crippen molar-refractivity contribution in [3.05, 3.63) is 226 Å². The molecule has 6 aromatic rings. The normalized spacial score (nSPS) is 16.4. The fourth-order valence-electron chi connectivity index (χ4n) is 13.4. The molecule has 7 N–H and O–H groups in total. The summed E-state index contributed by atoms with van der Waals surface area (Å²) in [4.78, 5) is 37.6. The molecule has 0 aromatic heterocycles. The van der Waals surface area contributed by atoms with Gasteiger partial charge in [-0.1, -0.05) is 129 Å². The second kappa shape index (κ2) is 33.4. The average Bonchev–Trinajstić information content (AvgIpc) is 1.75. The number of amides is 1. The summed E-state index contributed by atoms with van der Waals surface area (Å²) in [5, 5.41) is 20.4. The minimum absolute atomic E-state index is 0.0237. The number of ketones is 1. The molecule has 0 spiro atoms. The Morgan fingerprint density at radius 3 is 1.90 bits per heavy atom. The summed E-state index contributed by atoms with van der Waals surface area (Å²) in [5.41, 5.74) is 7.09. The third-order valence-corrected chi connectivity index (χ3v) is 22.8. The Bertz CT molecular complexity index is 4760. The number of carboxylic acids is 1. The number of fused-ring (bicyclic) bond motifs is 2. The topological polar surface area (TPSA) is 323 Å². The number of halogens is 3. The van der Waals surface area contributed by atoms with Crippen molar-refractivity contribution in [2.75, 3.05) is 60.3 Å². The van der Waals surface area contributed by atoms with Crippen molar-refractivity contribution in [3.63, 3.8) is 0 Å². The van der Waals surface area contributed by atoms with E-state index in [0.29, 0.717) is 67.0 Å². The van der Waals surface area contributed by atoms with E-state index >= 15 is 13.2 Å². The van der Waals surface area contributed by atoms with Crippen LogP contribution >= 0.6 is 0 Å². The van der Waals surface area contributed by atoms with Crippen molar-refractivity contribution in [2.45, 2.75) is 125 Å². The van der Waals surface area contributed by atoms with E-state index in [2.05, 4.69) is 84.2 Å². The molecule has 0 radical (unpaired) electrons. The fraction of sp³-hybridized carbons (Fsp3) is 0.360. The predicted octanol–water partition coefficient (Wildman–Crippen LogP) is 11.9. The van der Waals surface area contributed by atoms with Crippen LogP contribution in [0.5, 0.6) is 5.75 Å². The lowest BCUT2D eigenvalue weighted by Gasteiger charge is -2.27. The van der Waals surface area contributed by atoms with Gasteiger partial charge in [-0.15, -0.1) is 0 Å². The summed E-state index contributed by atoms with van der Waals surface area (Å²) in [6, 6.07) is 37.9. The van der Waals surface area contributed by atoms with Gasteiger partial charge in [0.15, 0.2) is 37.9 Å². The number of rotatable bonds is 35. The number of unbranched alkanes of at least 4 members (excludes halogenated alkanes) is 2. The number of nitrogens with one attached hydrogen (secondary N) is 2. The Morgan fingerprint density at radius 2 is 1.27 bits per heavy atom. The molecule has 28 heteroatoms. The highest BCUT2D eigenvalue weighted by molar-refractivity contribution is 7.91. The summed E-state index contributed by atoms with van der Waals surface area (Å²) < 4.78 is 181. The molecule has 2 heterocycles. The molecule has 0 bridgehead atoms. The molecule has 550 valence electrons. The number of carbonyl (C=O) groups is 3. The van der Waals surface area contributed by atoms with Crippen molar-refractivity contribution in [1.82, 2.24) is 5.32 Å². The highest BCUT2D eigenvalue weighted by atomic mass is 32.2. The molecule has 9 rings (SSSR count). The number of sulfone groups is 1. The van der Waals surface area contributed by atoms with Crippen LogP contribution in [-0.4, -0.2) is 126 Å². The van der Waals surface area contributed by atoms with Crippen LogP contribution in [0.1, 0.15) is 126 Å². The van der Waals surface area contributed by atoms with Crippen molar-refractivity contribution >= 4 is 80.5 Å². The number of sulfonamides is 1. The van der Waals surface area contributed by atoms with Gasteiger partial charge in [0, 0.05) is 73.3 Å². The maximum absolute atomic E-state index is 16.3. The van der Waals surface area contributed by atoms with E-state index in [0.717, 1.165) is 51.5 Å². The van der Waals surface area contributed by atoms with Crippen LogP contribution in [0.3, 0.4) is 0 Å². The molecule has 1 amide bonds. The van der Waals surface area contributed by atoms with Gasteiger partial charge < -0.3 is 30.1 Å². The standard InChI is InChI=1S/C75H84F3N5O16S4/c1-74(2)58-26-11-13-28-60(58)82(41-15-17-45-101(90,91)92)62(74)36-32-53-24-19-25-54(33-37-63-75(3,4)59-27-12-14-29-61(59)83(63)42-16-18-46-102(93,94)95)70(53)99-57-34-30-50(31-35-57)48-55(73(86)87)49-56(84)38-43-98-44-40-80-64(85)39-47-100(88,89)72-66(77)65(76)71(103(79,96)97)67(78)69(72)81-68(51-20-7-5-8-21-51)52-22-9-6-10-23-52/h5-14,20-23,26-37,55,68,81H,15-19,24-25,38-49H2,1-4H3,(H5-,79,80,85,86,87,90,91,92,93,94,95,96,97)/p+1/t55-/m1/s1. The number of carbonyl (C=O) groups excluding carboxylic acids is 2. The molecule has 1 atom stereocenters. The Balaban J connectivity index is 0.857. The molecule has 3 aliphatic rings. The van der Waals surface area contributed by atoms with E-state index in [1.54, 1.807) is 84.9 Å². The number of nitrogens with zero attached hydrogens (tertiary/aromatic N) is 2. The number of nitrogens with two attached hydrogens (primary N) is 1. The Morgan fingerprint density at radius 1 is 0.670 bits per heavy atom. The molecule has 0 fully saturated rings. The molecular formula is C75H85F3N5O16S4+. The van der Waals surface area contributed by atoms with Gasteiger partial charge in [0.25, 0.3) is 20.2 Å². The molecule has 0 saturated heterocycles. The summed E-state index contributed by atoms with van der Waals surface area (Å²) in [5.74, 6) is -11.2. The van der Waals surface area contributed by atoms with Crippen LogP contribution in [0.25, 0.3) is 0 Å². The van der Waals surface area contributed by atoms with Crippen molar-refractivity contribution in [2.24, 2.45) is 11.1 Å². The van der Waals surface area contributed by atoms with Gasteiger partial charge in [0.2, 0.25) is 21.6 Å². The molecule has 1 aliphatic carbocycles. The summed E-state index contributed by atoms with van der Waals surface area (Å²) in [7, 11) is -18.8. The molecule has 0 saturated carbocycles. The van der Waals surface area contributed by atoms with Gasteiger partial charge in [-0.3, -0.25) is 23.5 Å². The van der Waals surface area contributed by atoms with Crippen LogP contribution in [0.2, 0.25) is 0 Å². The third-order valence-electron chi connectivity index (χ3n) is 18.6. The zero-order valence-corrected chi connectivity index (χ0v) is 60.8. The number of allylic oxidation sites excluding steroid dienone is 7. The second-order valence-electron chi connectivity index (χ2n) is 26.7. The number of anilines is 2. The number of Topliss-reactive ketones (excluding diaryl/α,β-unsaturated/α-hetero) is 1. The number of carboxylic acid groups (broad SMARTS) is 1. The van der Waals surface area contributed by atoms with Crippen LogP contribution in [0.4, 0.5) is 30.2 Å². The maximum atomic E-state index is 16.3. The van der Waals surface area contributed by atoms with E-state index in [9.17, 15) is 62.3 Å². The third kappa shape index (κ3) is 19.8. The number of primary sulfonamides is 1. The molecule has 0 unspecified atom stereocenters. The van der Waals surface area contributed by atoms with Crippen molar-refractivity contribution < 1.29 is 89.5 Å². The maximum Gasteiger partial charge on any atom is 0.307 e. The highest BCUT2D eigenvalue weighted by Gasteiger charge is 2.45. The first-order valence-electron chi connectivity index (χ1n) is 33.7. The summed E-state index contributed by atoms with van der Waals surface area (Å²) in [6.45, 7) is 8.92. The highest BCUT2D eigenvalue weighted by Crippen LogP contribution is 2.49. The van der Waals surface area contributed by atoms with E-state index in [1.807, 2.05) is 36.4 Å². The molecule has 6 aromatic carbocycles. The van der Waals surface area contributed by atoms with E-state index in [1.165, 1.54) is 0 Å². The quantitative estimate of drug-likeness (QED) is 0.00932. The number of aliphatic carboxylic acids is 1. The van der Waals surface area contributed by atoms with Crippen LogP contribution in [0.15, 0.2) is 190 Å². The molecule has 2 aliphatic heterocycles. The van der Waals surface area contributed by atoms with Crippen LogP contribution < -0.4 is 25.4 Å². The smallest absolute Gasteiger partial charge is 0.307 e. The number of ether oxygens (including phenoxy) is 2. The van der Waals surface area contributed by atoms with Gasteiger partial charge in [0.1, 0.15) is 28.7 Å². The van der Waals surface area contributed by atoms with E-state index in [-0.39, 0.29) is 63.4 Å². The summed E-state index contributed by atoms with van der Waals surface area (Å²) >= 11 is 0. The first kappa shape index (κ1) is 78.5. The number of hydrogen-bond acceptors (Lipinski definition) is 15. The Hall–Kier alpha value is -8.61.